The van der Waals surface area contributed by atoms with Gasteiger partial charge in [0.05, 0.1) is 24.1 Å². The number of nitrogens with zero attached hydrogens (tertiary/aromatic N) is 2. The summed E-state index contributed by atoms with van der Waals surface area (Å²) in [4.78, 5) is 11.5. The number of nitrogen functional groups attached to an aromatic ring is 1. The lowest BCUT2D eigenvalue weighted by Crippen LogP contribution is -2.05. The second-order valence-corrected chi connectivity index (χ2v) is 4.77. The highest BCUT2D eigenvalue weighted by atomic mass is 16.5. The molecule has 5 heteroatoms. The molecule has 0 aliphatic rings. The number of anilines is 1. The van der Waals surface area contributed by atoms with Crippen molar-refractivity contribution in [2.45, 2.75) is 0 Å². The van der Waals surface area contributed by atoms with Crippen molar-refractivity contribution in [1.29, 1.82) is 0 Å². The largest absolute Gasteiger partial charge is 0.465 e. The van der Waals surface area contributed by atoms with Gasteiger partial charge in [-0.3, -0.25) is 0 Å². The van der Waals surface area contributed by atoms with Gasteiger partial charge < -0.3 is 10.5 Å². The van der Waals surface area contributed by atoms with E-state index < -0.39 is 5.97 Å². The number of nitrogens with two attached hydrogens (primary N) is 1. The molecule has 110 valence electrons. The topological polar surface area (TPSA) is 70.1 Å². The average molecular weight is 293 g/mol. The number of aromatic nitrogens is 2. The summed E-state index contributed by atoms with van der Waals surface area (Å²) in [5, 5.41) is 4.53. The Morgan fingerprint density at radius 3 is 2.59 bits per heavy atom. The van der Waals surface area contributed by atoms with E-state index in [0.29, 0.717) is 11.3 Å². The summed E-state index contributed by atoms with van der Waals surface area (Å²) in [6.07, 6.45) is 1.88. The molecule has 3 rings (SSSR count). The molecule has 0 saturated carbocycles. The SMILES string of the molecule is COC(=O)c1ccc(-c2ccn(-c3ccccc3)n2)cc1N. The van der Waals surface area contributed by atoms with E-state index in [4.69, 9.17) is 5.73 Å². The van der Waals surface area contributed by atoms with Crippen LogP contribution >= 0.6 is 0 Å². The third kappa shape index (κ3) is 2.56. The van der Waals surface area contributed by atoms with Gasteiger partial charge in [0.15, 0.2) is 0 Å². The lowest BCUT2D eigenvalue weighted by Gasteiger charge is -2.05. The summed E-state index contributed by atoms with van der Waals surface area (Å²) < 4.78 is 6.48. The Balaban J connectivity index is 1.94. The van der Waals surface area contributed by atoms with E-state index in [-0.39, 0.29) is 0 Å². The summed E-state index contributed by atoms with van der Waals surface area (Å²) in [7, 11) is 1.33. The van der Waals surface area contributed by atoms with E-state index in [1.54, 1.807) is 22.9 Å². The highest BCUT2D eigenvalue weighted by Gasteiger charge is 2.12. The summed E-state index contributed by atoms with van der Waals surface area (Å²) in [6.45, 7) is 0. The number of hydrogen-bond acceptors (Lipinski definition) is 4. The van der Waals surface area contributed by atoms with Gasteiger partial charge >= 0.3 is 5.97 Å². The van der Waals surface area contributed by atoms with E-state index in [2.05, 4.69) is 9.84 Å². The van der Waals surface area contributed by atoms with Crippen molar-refractivity contribution in [2.24, 2.45) is 0 Å². The highest BCUT2D eigenvalue weighted by molar-refractivity contribution is 5.96. The molecule has 0 fully saturated rings. The molecule has 0 saturated heterocycles. The molecule has 2 N–H and O–H groups in total. The van der Waals surface area contributed by atoms with Crippen LogP contribution in [0.3, 0.4) is 0 Å². The van der Waals surface area contributed by atoms with Crippen LogP contribution in [0.4, 0.5) is 5.69 Å². The number of rotatable bonds is 3. The van der Waals surface area contributed by atoms with E-state index in [9.17, 15) is 4.79 Å². The third-order valence-electron chi connectivity index (χ3n) is 3.36. The van der Waals surface area contributed by atoms with Crippen molar-refractivity contribution in [3.63, 3.8) is 0 Å². The molecular formula is C17H15N3O2. The molecule has 0 atom stereocenters. The maximum Gasteiger partial charge on any atom is 0.339 e. The number of carbonyl (C=O) groups is 1. The number of carbonyl (C=O) groups excluding carboxylic acids is 1. The van der Waals surface area contributed by atoms with Crippen molar-refractivity contribution in [3.05, 3.63) is 66.4 Å². The summed E-state index contributed by atoms with van der Waals surface area (Å²) in [5.41, 5.74) is 9.26. The Bertz CT molecular complexity index is 810. The summed E-state index contributed by atoms with van der Waals surface area (Å²) in [6, 6.07) is 16.9. The lowest BCUT2D eigenvalue weighted by molar-refractivity contribution is 0.0602. The minimum absolute atomic E-state index is 0.355. The molecule has 0 unspecified atom stereocenters. The molecule has 3 aromatic rings. The normalized spacial score (nSPS) is 10.4. The first kappa shape index (κ1) is 13.9. The van der Waals surface area contributed by atoms with Crippen LogP contribution < -0.4 is 5.73 Å². The molecule has 0 aliphatic carbocycles. The Morgan fingerprint density at radius 2 is 1.91 bits per heavy atom. The van der Waals surface area contributed by atoms with Crippen molar-refractivity contribution in [3.8, 4) is 16.9 Å². The van der Waals surface area contributed by atoms with Crippen LogP contribution in [0.25, 0.3) is 16.9 Å². The zero-order chi connectivity index (χ0) is 15.5. The maximum atomic E-state index is 11.5. The van der Waals surface area contributed by atoms with Crippen molar-refractivity contribution < 1.29 is 9.53 Å². The van der Waals surface area contributed by atoms with Gasteiger partial charge in [-0.05, 0) is 30.3 Å². The molecule has 2 aromatic carbocycles. The minimum Gasteiger partial charge on any atom is -0.465 e. The van der Waals surface area contributed by atoms with Crippen molar-refractivity contribution >= 4 is 11.7 Å². The molecular weight excluding hydrogens is 278 g/mol. The van der Waals surface area contributed by atoms with Crippen LogP contribution in [0, 0.1) is 0 Å². The van der Waals surface area contributed by atoms with Crippen molar-refractivity contribution in [1.82, 2.24) is 9.78 Å². The molecule has 0 bridgehead atoms. The number of benzene rings is 2. The van der Waals surface area contributed by atoms with Gasteiger partial charge in [-0.2, -0.15) is 5.10 Å². The predicted octanol–water partition coefficient (Wildman–Crippen LogP) is 2.91. The van der Waals surface area contributed by atoms with Gasteiger partial charge in [-0.1, -0.05) is 24.3 Å². The minimum atomic E-state index is -0.445. The van der Waals surface area contributed by atoms with E-state index in [1.807, 2.05) is 42.6 Å². The molecule has 22 heavy (non-hydrogen) atoms. The van der Waals surface area contributed by atoms with Gasteiger partial charge in [0.25, 0.3) is 0 Å². The fourth-order valence-electron chi connectivity index (χ4n) is 2.22. The molecule has 0 radical (unpaired) electrons. The molecule has 0 spiro atoms. The fraction of sp³-hybridized carbons (Fsp3) is 0.0588. The molecule has 1 heterocycles. The Kier molecular flexibility index (Phi) is 3.62. The first-order valence-corrected chi connectivity index (χ1v) is 6.78. The monoisotopic (exact) mass is 293 g/mol. The predicted molar refractivity (Wildman–Crippen MR) is 84.8 cm³/mol. The number of ether oxygens (including phenoxy) is 1. The number of para-hydroxylation sites is 1. The second-order valence-electron chi connectivity index (χ2n) is 4.77. The maximum absolute atomic E-state index is 11.5. The highest BCUT2D eigenvalue weighted by Crippen LogP contribution is 2.23. The fourth-order valence-corrected chi connectivity index (χ4v) is 2.22. The van der Waals surface area contributed by atoms with E-state index in [1.165, 1.54) is 7.11 Å². The first-order chi connectivity index (χ1) is 10.7. The van der Waals surface area contributed by atoms with E-state index in [0.717, 1.165) is 16.9 Å². The standard InChI is InChI=1S/C17H15N3O2/c1-22-17(21)14-8-7-12(11-15(14)18)16-9-10-20(19-16)13-5-3-2-4-6-13/h2-11H,18H2,1H3. The molecule has 5 nitrogen and oxygen atoms in total. The zero-order valence-electron chi connectivity index (χ0n) is 12.1. The second kappa shape index (κ2) is 5.73. The van der Waals surface area contributed by atoms with Gasteiger partial charge in [0.2, 0.25) is 0 Å². The zero-order valence-corrected chi connectivity index (χ0v) is 12.1. The van der Waals surface area contributed by atoms with Gasteiger partial charge in [-0.15, -0.1) is 0 Å². The van der Waals surface area contributed by atoms with Crippen LogP contribution in [0.1, 0.15) is 10.4 Å². The first-order valence-electron chi connectivity index (χ1n) is 6.78. The number of hydrogen-bond donors (Lipinski definition) is 1. The van der Waals surface area contributed by atoms with Crippen LogP contribution in [-0.4, -0.2) is 22.9 Å². The Labute approximate surface area is 127 Å². The van der Waals surface area contributed by atoms with Crippen LogP contribution in [-0.2, 0) is 4.74 Å². The quantitative estimate of drug-likeness (QED) is 0.595. The Morgan fingerprint density at radius 1 is 1.14 bits per heavy atom. The van der Waals surface area contributed by atoms with Crippen LogP contribution in [0.2, 0.25) is 0 Å². The smallest absolute Gasteiger partial charge is 0.339 e. The number of methoxy groups -OCH3 is 1. The van der Waals surface area contributed by atoms with Gasteiger partial charge in [0.1, 0.15) is 0 Å². The van der Waals surface area contributed by atoms with Crippen molar-refractivity contribution in [2.75, 3.05) is 12.8 Å². The van der Waals surface area contributed by atoms with Crippen LogP contribution in [0.5, 0.6) is 0 Å². The number of esters is 1. The Hall–Kier alpha value is -3.08. The van der Waals surface area contributed by atoms with Gasteiger partial charge in [-0.25, -0.2) is 9.48 Å². The third-order valence-corrected chi connectivity index (χ3v) is 3.36. The summed E-state index contributed by atoms with van der Waals surface area (Å²) >= 11 is 0. The van der Waals surface area contributed by atoms with E-state index >= 15 is 0 Å². The van der Waals surface area contributed by atoms with Crippen LogP contribution in [0.15, 0.2) is 60.8 Å². The molecule has 1 aromatic heterocycles. The molecule has 0 amide bonds. The average Bonchev–Trinajstić information content (AvgIpc) is 3.05. The lowest BCUT2D eigenvalue weighted by atomic mass is 10.1. The molecule has 0 aliphatic heterocycles. The van der Waals surface area contributed by atoms with Gasteiger partial charge in [0, 0.05) is 17.4 Å². The summed E-state index contributed by atoms with van der Waals surface area (Å²) in [5.74, 6) is -0.445.